The second-order valence-corrected chi connectivity index (χ2v) is 9.06. The Morgan fingerprint density at radius 2 is 2.04 bits per heavy atom. The quantitative estimate of drug-likeness (QED) is 0.817. The van der Waals surface area contributed by atoms with Gasteiger partial charge >= 0.3 is 0 Å². The normalized spacial score (nSPS) is 20.7. The molecule has 1 saturated heterocycles. The molecule has 1 aliphatic heterocycles. The topological polar surface area (TPSA) is 46.1 Å². The summed E-state index contributed by atoms with van der Waals surface area (Å²) >= 11 is 7.80. The first kappa shape index (κ1) is 16.9. The lowest BCUT2D eigenvalue weighted by molar-refractivity contribution is 0.495. The summed E-state index contributed by atoms with van der Waals surface area (Å²) < 4.78 is 12.3. The van der Waals surface area contributed by atoms with Gasteiger partial charge in [0.15, 0.2) is 5.01 Å². The lowest BCUT2D eigenvalue weighted by Gasteiger charge is -2.40. The first-order chi connectivity index (χ1) is 11.1. The zero-order valence-electron chi connectivity index (χ0n) is 13.3. The van der Waals surface area contributed by atoms with Crippen LogP contribution >= 0.6 is 22.9 Å². The molecule has 4 nitrogen and oxygen atoms in total. The summed E-state index contributed by atoms with van der Waals surface area (Å²) in [6.07, 6.45) is 1.84. The van der Waals surface area contributed by atoms with Crippen molar-refractivity contribution in [3.8, 4) is 10.6 Å². The summed E-state index contributed by atoms with van der Waals surface area (Å²) in [5.41, 5.74) is 0.913. The molecule has 0 saturated carbocycles. The molecule has 124 valence electrons. The van der Waals surface area contributed by atoms with E-state index in [1.165, 1.54) is 0 Å². The van der Waals surface area contributed by atoms with Gasteiger partial charge in [-0.15, -0.1) is 10.2 Å². The molecule has 1 atom stereocenters. The van der Waals surface area contributed by atoms with Gasteiger partial charge in [-0.1, -0.05) is 55.0 Å². The summed E-state index contributed by atoms with van der Waals surface area (Å²) in [4.78, 5) is 2.23. The van der Waals surface area contributed by atoms with E-state index < -0.39 is 10.8 Å². The second-order valence-electron chi connectivity index (χ2n) is 5.73. The molecule has 2 aromatic rings. The van der Waals surface area contributed by atoms with Crippen LogP contribution < -0.4 is 4.90 Å². The molecule has 23 heavy (non-hydrogen) atoms. The number of aromatic nitrogens is 2. The first-order valence-corrected chi connectivity index (χ1v) is 10.3. The molecule has 1 fully saturated rings. The Kier molecular flexibility index (Phi) is 5.04. The van der Waals surface area contributed by atoms with Gasteiger partial charge in [0.1, 0.15) is 0 Å². The minimum Gasteiger partial charge on any atom is -0.344 e. The van der Waals surface area contributed by atoms with E-state index in [9.17, 15) is 4.21 Å². The van der Waals surface area contributed by atoms with Crippen LogP contribution in [0.2, 0.25) is 5.02 Å². The maximum atomic E-state index is 12.5. The van der Waals surface area contributed by atoms with E-state index in [4.69, 9.17) is 11.6 Å². The monoisotopic (exact) mass is 369 g/mol. The zero-order chi connectivity index (χ0) is 16.4. The van der Waals surface area contributed by atoms with Crippen LogP contribution in [0.3, 0.4) is 0 Å². The van der Waals surface area contributed by atoms with Crippen molar-refractivity contribution in [3.05, 3.63) is 29.3 Å². The fourth-order valence-electron chi connectivity index (χ4n) is 2.95. The summed E-state index contributed by atoms with van der Waals surface area (Å²) in [5, 5.41) is 11.1. The van der Waals surface area contributed by atoms with Crippen molar-refractivity contribution >= 4 is 38.9 Å². The van der Waals surface area contributed by atoms with Gasteiger partial charge in [0, 0.05) is 35.2 Å². The summed E-state index contributed by atoms with van der Waals surface area (Å²) in [5.74, 6) is 0.697. The molecule has 0 spiro atoms. The lowest BCUT2D eigenvalue weighted by atomic mass is 10.0. The van der Waals surface area contributed by atoms with Crippen LogP contribution in [-0.4, -0.2) is 38.0 Å². The van der Waals surface area contributed by atoms with Crippen molar-refractivity contribution in [2.24, 2.45) is 0 Å². The number of nitrogens with zero attached hydrogens (tertiary/aromatic N) is 3. The van der Waals surface area contributed by atoms with Crippen molar-refractivity contribution in [3.63, 3.8) is 0 Å². The fourth-order valence-corrected chi connectivity index (χ4v) is 5.91. The molecule has 2 heterocycles. The predicted molar refractivity (Wildman–Crippen MR) is 98.9 cm³/mol. The Morgan fingerprint density at radius 3 is 2.74 bits per heavy atom. The van der Waals surface area contributed by atoms with Crippen molar-refractivity contribution in [2.45, 2.75) is 31.4 Å². The van der Waals surface area contributed by atoms with E-state index in [0.717, 1.165) is 41.6 Å². The Balaban J connectivity index is 1.86. The summed E-state index contributed by atoms with van der Waals surface area (Å²) in [6.45, 7) is 5.80. The van der Waals surface area contributed by atoms with Crippen molar-refractivity contribution in [1.29, 1.82) is 0 Å². The smallest absolute Gasteiger partial charge is 0.208 e. The second kappa shape index (κ2) is 6.87. The molecule has 0 bridgehead atoms. The van der Waals surface area contributed by atoms with Crippen molar-refractivity contribution in [1.82, 2.24) is 10.2 Å². The summed E-state index contributed by atoms with van der Waals surface area (Å²) in [7, 11) is -0.770. The standard InChI is InChI=1S/C16H20ClN3OS2/c1-3-16(4-2)11-20(9-10-23(16)21)15-19-18-14(22-15)12-7-5-6-8-13(12)17/h5-8H,3-4,9-11H2,1-2H3. The van der Waals surface area contributed by atoms with E-state index in [0.29, 0.717) is 10.8 Å². The Hall–Kier alpha value is -0.980. The van der Waals surface area contributed by atoms with Gasteiger partial charge in [0.05, 0.1) is 9.77 Å². The molecule has 0 N–H and O–H groups in total. The number of benzene rings is 1. The van der Waals surface area contributed by atoms with E-state index in [1.54, 1.807) is 11.3 Å². The minimum absolute atomic E-state index is 0.130. The van der Waals surface area contributed by atoms with Crippen LogP contribution in [0.1, 0.15) is 26.7 Å². The highest BCUT2D eigenvalue weighted by atomic mass is 35.5. The minimum atomic E-state index is -0.770. The fraction of sp³-hybridized carbons (Fsp3) is 0.500. The van der Waals surface area contributed by atoms with Crippen LogP contribution in [0.5, 0.6) is 0 Å². The molecule has 7 heteroatoms. The average Bonchev–Trinajstić information content (AvgIpc) is 3.06. The van der Waals surface area contributed by atoms with Gasteiger partial charge in [0.25, 0.3) is 0 Å². The van der Waals surface area contributed by atoms with Crippen LogP contribution in [0.4, 0.5) is 5.13 Å². The lowest BCUT2D eigenvalue weighted by Crippen LogP contribution is -2.53. The van der Waals surface area contributed by atoms with E-state index in [-0.39, 0.29) is 4.75 Å². The van der Waals surface area contributed by atoms with Gasteiger partial charge in [0.2, 0.25) is 5.13 Å². The highest BCUT2D eigenvalue weighted by molar-refractivity contribution is 7.86. The molecule has 1 aliphatic rings. The zero-order valence-corrected chi connectivity index (χ0v) is 15.7. The Labute approximate surface area is 148 Å². The highest BCUT2D eigenvalue weighted by Gasteiger charge is 2.39. The van der Waals surface area contributed by atoms with E-state index in [1.807, 2.05) is 24.3 Å². The number of hydrogen-bond acceptors (Lipinski definition) is 5. The number of rotatable bonds is 4. The SMILES string of the molecule is CCC1(CC)CN(c2nnc(-c3ccccc3Cl)s2)CCS1=O. The van der Waals surface area contributed by atoms with Crippen LogP contribution in [-0.2, 0) is 10.8 Å². The van der Waals surface area contributed by atoms with E-state index >= 15 is 0 Å². The number of hydrogen-bond donors (Lipinski definition) is 0. The Bertz CT molecular complexity index is 715. The largest absolute Gasteiger partial charge is 0.344 e. The van der Waals surface area contributed by atoms with Gasteiger partial charge in [-0.25, -0.2) is 0 Å². The van der Waals surface area contributed by atoms with Crippen LogP contribution in [0, 0.1) is 0 Å². The van der Waals surface area contributed by atoms with Gasteiger partial charge in [-0.2, -0.15) is 0 Å². The van der Waals surface area contributed by atoms with Gasteiger partial charge < -0.3 is 4.90 Å². The maximum absolute atomic E-state index is 12.5. The molecule has 1 unspecified atom stereocenters. The number of halogens is 1. The Morgan fingerprint density at radius 1 is 1.30 bits per heavy atom. The third-order valence-electron chi connectivity index (χ3n) is 4.59. The third kappa shape index (κ3) is 3.16. The molecular formula is C16H20ClN3OS2. The van der Waals surface area contributed by atoms with Gasteiger partial charge in [-0.3, -0.25) is 4.21 Å². The van der Waals surface area contributed by atoms with Crippen LogP contribution in [0.15, 0.2) is 24.3 Å². The molecule has 0 amide bonds. The number of anilines is 1. The van der Waals surface area contributed by atoms with Crippen LogP contribution in [0.25, 0.3) is 10.6 Å². The third-order valence-corrected chi connectivity index (χ3v) is 8.16. The molecule has 0 radical (unpaired) electrons. The predicted octanol–water partition coefficient (Wildman–Crippen LogP) is 3.99. The molecule has 1 aromatic carbocycles. The molecule has 0 aliphatic carbocycles. The molecule has 1 aromatic heterocycles. The average molecular weight is 370 g/mol. The van der Waals surface area contributed by atoms with Gasteiger partial charge in [-0.05, 0) is 18.9 Å². The van der Waals surface area contributed by atoms with Crippen molar-refractivity contribution < 1.29 is 4.21 Å². The molecule has 3 rings (SSSR count). The van der Waals surface area contributed by atoms with Crippen molar-refractivity contribution in [2.75, 3.05) is 23.7 Å². The highest BCUT2D eigenvalue weighted by Crippen LogP contribution is 2.36. The van der Waals surface area contributed by atoms with E-state index in [2.05, 4.69) is 28.9 Å². The molecular weight excluding hydrogens is 350 g/mol. The summed E-state index contributed by atoms with van der Waals surface area (Å²) in [6, 6.07) is 7.68. The first-order valence-electron chi connectivity index (χ1n) is 7.81. The maximum Gasteiger partial charge on any atom is 0.208 e.